The number of hydrogen-bond donors (Lipinski definition) is 0. The Morgan fingerprint density at radius 3 is 2.69 bits per heavy atom. The Morgan fingerprint density at radius 1 is 1.54 bits per heavy atom. The SMILES string of the molecule is CCOC1CC2(CC(=O)OC2=O)C1. The van der Waals surface area contributed by atoms with Gasteiger partial charge in [0.15, 0.2) is 0 Å². The maximum atomic E-state index is 11.2. The minimum atomic E-state index is -0.517. The van der Waals surface area contributed by atoms with Crippen molar-refractivity contribution in [3.63, 3.8) is 0 Å². The van der Waals surface area contributed by atoms with Crippen LogP contribution in [0.5, 0.6) is 0 Å². The van der Waals surface area contributed by atoms with Crippen molar-refractivity contribution in [1.29, 1.82) is 0 Å². The number of carbonyl (C=O) groups is 2. The molecule has 0 atom stereocenters. The predicted octanol–water partition coefficient (Wildman–Crippen LogP) is 0.645. The summed E-state index contributed by atoms with van der Waals surface area (Å²) in [5, 5.41) is 0. The normalized spacial score (nSPS) is 37.8. The van der Waals surface area contributed by atoms with E-state index in [1.165, 1.54) is 0 Å². The summed E-state index contributed by atoms with van der Waals surface area (Å²) in [6.45, 7) is 2.58. The van der Waals surface area contributed by atoms with Gasteiger partial charge in [-0.05, 0) is 19.8 Å². The fraction of sp³-hybridized carbons (Fsp3) is 0.778. The third kappa shape index (κ3) is 1.25. The van der Waals surface area contributed by atoms with Crippen LogP contribution in [0, 0.1) is 5.41 Å². The van der Waals surface area contributed by atoms with Gasteiger partial charge in [0.05, 0.1) is 17.9 Å². The molecule has 2 aliphatic rings. The van der Waals surface area contributed by atoms with Crippen LogP contribution in [0.15, 0.2) is 0 Å². The molecule has 0 aromatic heterocycles. The Labute approximate surface area is 76.2 Å². The Hall–Kier alpha value is -0.900. The number of cyclic esters (lactones) is 2. The Kier molecular flexibility index (Phi) is 1.87. The van der Waals surface area contributed by atoms with E-state index >= 15 is 0 Å². The van der Waals surface area contributed by atoms with Crippen molar-refractivity contribution in [3.05, 3.63) is 0 Å². The minimum Gasteiger partial charge on any atom is -0.393 e. The molecule has 1 aliphatic heterocycles. The van der Waals surface area contributed by atoms with Crippen molar-refractivity contribution in [1.82, 2.24) is 0 Å². The molecule has 0 amide bonds. The summed E-state index contributed by atoms with van der Waals surface area (Å²) in [6, 6.07) is 0. The van der Waals surface area contributed by atoms with Gasteiger partial charge in [-0.3, -0.25) is 9.59 Å². The van der Waals surface area contributed by atoms with Crippen molar-refractivity contribution in [3.8, 4) is 0 Å². The second kappa shape index (κ2) is 2.80. The standard InChI is InChI=1S/C9H12O4/c1-2-12-6-3-9(4-6)5-7(10)13-8(9)11/h6H,2-5H2,1H3. The second-order valence-corrected chi connectivity index (χ2v) is 3.70. The van der Waals surface area contributed by atoms with Crippen LogP contribution in [0.2, 0.25) is 0 Å². The van der Waals surface area contributed by atoms with Crippen LogP contribution in [-0.4, -0.2) is 24.6 Å². The quantitative estimate of drug-likeness (QED) is 0.467. The van der Waals surface area contributed by atoms with Crippen LogP contribution < -0.4 is 0 Å². The number of esters is 2. The monoisotopic (exact) mass is 184 g/mol. The second-order valence-electron chi connectivity index (χ2n) is 3.70. The van der Waals surface area contributed by atoms with Crippen molar-refractivity contribution in [2.24, 2.45) is 5.41 Å². The lowest BCUT2D eigenvalue weighted by atomic mass is 9.66. The molecule has 4 nitrogen and oxygen atoms in total. The zero-order valence-electron chi connectivity index (χ0n) is 7.54. The molecule has 1 heterocycles. The molecule has 0 unspecified atom stereocenters. The molecule has 1 spiro atoms. The van der Waals surface area contributed by atoms with E-state index in [1.807, 2.05) is 6.92 Å². The van der Waals surface area contributed by atoms with Crippen molar-refractivity contribution in [2.75, 3.05) is 6.61 Å². The first-order chi connectivity index (χ1) is 6.16. The smallest absolute Gasteiger partial charge is 0.320 e. The molecule has 0 bridgehead atoms. The van der Waals surface area contributed by atoms with Crippen LogP contribution in [-0.2, 0) is 19.1 Å². The summed E-state index contributed by atoms with van der Waals surface area (Å²) >= 11 is 0. The highest BCUT2D eigenvalue weighted by molar-refractivity contribution is 5.98. The maximum Gasteiger partial charge on any atom is 0.320 e. The van der Waals surface area contributed by atoms with Crippen LogP contribution in [0.25, 0.3) is 0 Å². The lowest BCUT2D eigenvalue weighted by molar-refractivity contribution is -0.162. The molecule has 0 radical (unpaired) electrons. The Bertz CT molecular complexity index is 252. The number of rotatable bonds is 2. The molecule has 0 N–H and O–H groups in total. The van der Waals surface area contributed by atoms with E-state index in [2.05, 4.69) is 4.74 Å². The summed E-state index contributed by atoms with van der Waals surface area (Å²) in [5.74, 6) is -0.742. The molecule has 1 saturated heterocycles. The van der Waals surface area contributed by atoms with E-state index in [9.17, 15) is 9.59 Å². The summed E-state index contributed by atoms with van der Waals surface area (Å²) in [5.41, 5.74) is -0.517. The van der Waals surface area contributed by atoms with Crippen LogP contribution in [0.3, 0.4) is 0 Å². The van der Waals surface area contributed by atoms with Crippen LogP contribution in [0.1, 0.15) is 26.2 Å². The molecular formula is C9H12O4. The average Bonchev–Trinajstić information content (AvgIpc) is 2.26. The lowest BCUT2D eigenvalue weighted by Crippen LogP contribution is -2.45. The van der Waals surface area contributed by atoms with E-state index in [1.54, 1.807) is 0 Å². The van der Waals surface area contributed by atoms with Crippen molar-refractivity contribution in [2.45, 2.75) is 32.3 Å². The highest BCUT2D eigenvalue weighted by Gasteiger charge is 2.57. The average molecular weight is 184 g/mol. The van der Waals surface area contributed by atoms with Crippen molar-refractivity contribution >= 4 is 11.9 Å². The molecule has 72 valence electrons. The zero-order valence-corrected chi connectivity index (χ0v) is 7.54. The summed E-state index contributed by atoms with van der Waals surface area (Å²) in [6.07, 6.45) is 1.68. The van der Waals surface area contributed by atoms with Gasteiger partial charge in [0.25, 0.3) is 0 Å². The first-order valence-electron chi connectivity index (χ1n) is 4.53. The minimum absolute atomic E-state index is 0.142. The van der Waals surface area contributed by atoms with Gasteiger partial charge in [0, 0.05) is 6.61 Å². The first-order valence-corrected chi connectivity index (χ1v) is 4.53. The first kappa shape index (κ1) is 8.69. The molecule has 1 saturated carbocycles. The van der Waals surface area contributed by atoms with Crippen molar-refractivity contribution < 1.29 is 19.1 Å². The fourth-order valence-electron chi connectivity index (χ4n) is 2.07. The molecule has 13 heavy (non-hydrogen) atoms. The van der Waals surface area contributed by atoms with Gasteiger partial charge < -0.3 is 9.47 Å². The van der Waals surface area contributed by atoms with E-state index in [0.717, 1.165) is 0 Å². The van der Waals surface area contributed by atoms with E-state index in [0.29, 0.717) is 19.4 Å². The maximum absolute atomic E-state index is 11.2. The molecule has 2 fully saturated rings. The highest BCUT2D eigenvalue weighted by Crippen LogP contribution is 2.49. The number of carbonyl (C=O) groups excluding carboxylic acids is 2. The Morgan fingerprint density at radius 2 is 2.23 bits per heavy atom. The number of hydrogen-bond acceptors (Lipinski definition) is 4. The Balaban J connectivity index is 1.96. The summed E-state index contributed by atoms with van der Waals surface area (Å²) in [7, 11) is 0. The van der Waals surface area contributed by atoms with Gasteiger partial charge in [-0.15, -0.1) is 0 Å². The van der Waals surface area contributed by atoms with Gasteiger partial charge in [-0.2, -0.15) is 0 Å². The van der Waals surface area contributed by atoms with Gasteiger partial charge in [0.2, 0.25) is 0 Å². The largest absolute Gasteiger partial charge is 0.393 e. The van der Waals surface area contributed by atoms with Gasteiger partial charge in [-0.1, -0.05) is 0 Å². The summed E-state index contributed by atoms with van der Waals surface area (Å²) < 4.78 is 9.84. The topological polar surface area (TPSA) is 52.6 Å². The van der Waals surface area contributed by atoms with E-state index in [4.69, 9.17) is 4.74 Å². The fourth-order valence-corrected chi connectivity index (χ4v) is 2.07. The molecular weight excluding hydrogens is 172 g/mol. The third-order valence-corrected chi connectivity index (χ3v) is 2.76. The van der Waals surface area contributed by atoms with E-state index in [-0.39, 0.29) is 24.5 Å². The zero-order chi connectivity index (χ0) is 9.47. The molecule has 2 rings (SSSR count). The third-order valence-electron chi connectivity index (χ3n) is 2.76. The molecule has 4 heteroatoms. The molecule has 0 aromatic carbocycles. The van der Waals surface area contributed by atoms with Gasteiger partial charge >= 0.3 is 11.9 Å². The van der Waals surface area contributed by atoms with Crippen LogP contribution >= 0.6 is 0 Å². The van der Waals surface area contributed by atoms with E-state index < -0.39 is 5.41 Å². The summed E-state index contributed by atoms with van der Waals surface area (Å²) in [4.78, 5) is 22.1. The van der Waals surface area contributed by atoms with Crippen LogP contribution in [0.4, 0.5) is 0 Å². The highest BCUT2D eigenvalue weighted by atomic mass is 16.6. The molecule has 1 aliphatic carbocycles. The lowest BCUT2D eigenvalue weighted by Gasteiger charge is -2.40. The van der Waals surface area contributed by atoms with Gasteiger partial charge in [0.1, 0.15) is 0 Å². The number of ether oxygens (including phenoxy) is 2. The van der Waals surface area contributed by atoms with Gasteiger partial charge in [-0.25, -0.2) is 0 Å². The predicted molar refractivity (Wildman–Crippen MR) is 42.8 cm³/mol. The molecule has 0 aromatic rings.